The molecule has 1 fully saturated rings. The Hall–Kier alpha value is -3.59. The smallest absolute Gasteiger partial charge is 0.269 e. The number of amides is 2. The zero-order valence-corrected chi connectivity index (χ0v) is 19.9. The lowest BCUT2D eigenvalue weighted by molar-refractivity contribution is 0.0923. The minimum absolute atomic E-state index is 0.0129. The van der Waals surface area contributed by atoms with Crippen LogP contribution in [0.15, 0.2) is 48.8 Å². The second kappa shape index (κ2) is 9.34. The normalized spacial score (nSPS) is 18.1. The van der Waals surface area contributed by atoms with Crippen LogP contribution in [-0.2, 0) is 0 Å². The van der Waals surface area contributed by atoms with Gasteiger partial charge < -0.3 is 15.2 Å². The van der Waals surface area contributed by atoms with Crippen LogP contribution in [0.1, 0.15) is 56.8 Å². The SMILES string of the molecule is CNC(=O)c1cc2nc(-c3ccccn3)n([C@H]3CCC[C@@H](NC(=O)c4ccc(C)s4)C3)c2cn1. The molecule has 0 bridgehead atoms. The van der Waals surface area contributed by atoms with Crippen molar-refractivity contribution in [3.63, 3.8) is 0 Å². The predicted octanol–water partition coefficient (Wildman–Crippen LogP) is 4.14. The fraction of sp³-hybridized carbons (Fsp3) is 0.320. The second-order valence-electron chi connectivity index (χ2n) is 8.56. The number of aromatic nitrogens is 4. The van der Waals surface area contributed by atoms with Crippen molar-refractivity contribution < 1.29 is 9.59 Å². The number of nitrogens with one attached hydrogen (secondary N) is 2. The molecule has 5 rings (SSSR count). The molecule has 2 amide bonds. The molecule has 2 atom stereocenters. The van der Waals surface area contributed by atoms with Crippen LogP contribution < -0.4 is 10.6 Å². The first-order valence-corrected chi connectivity index (χ1v) is 12.2. The Morgan fingerprint density at radius 2 is 2.00 bits per heavy atom. The minimum atomic E-state index is -0.250. The maximum Gasteiger partial charge on any atom is 0.269 e. The van der Waals surface area contributed by atoms with Gasteiger partial charge in [-0.1, -0.05) is 6.07 Å². The number of thiophene rings is 1. The fourth-order valence-corrected chi connectivity index (χ4v) is 5.41. The van der Waals surface area contributed by atoms with Gasteiger partial charge in [0.25, 0.3) is 11.8 Å². The number of carbonyl (C=O) groups is 2. The molecule has 9 heteroatoms. The maximum atomic E-state index is 12.8. The number of nitrogens with zero attached hydrogens (tertiary/aromatic N) is 4. The molecule has 1 aliphatic rings. The van der Waals surface area contributed by atoms with Gasteiger partial charge in [-0.25, -0.2) is 9.97 Å². The number of imidazole rings is 1. The largest absolute Gasteiger partial charge is 0.354 e. The minimum Gasteiger partial charge on any atom is -0.354 e. The Labute approximate surface area is 201 Å². The zero-order chi connectivity index (χ0) is 23.7. The average Bonchev–Trinajstić information content (AvgIpc) is 3.47. The first kappa shape index (κ1) is 22.2. The number of fused-ring (bicyclic) bond motifs is 1. The molecule has 174 valence electrons. The summed E-state index contributed by atoms with van der Waals surface area (Å²) in [6.45, 7) is 2.00. The van der Waals surface area contributed by atoms with Crippen molar-refractivity contribution in [2.75, 3.05) is 7.05 Å². The molecule has 1 saturated carbocycles. The molecular formula is C25H26N6O2S. The Morgan fingerprint density at radius 1 is 1.12 bits per heavy atom. The molecule has 1 aliphatic carbocycles. The highest BCUT2D eigenvalue weighted by molar-refractivity contribution is 7.13. The highest BCUT2D eigenvalue weighted by Gasteiger charge is 2.29. The van der Waals surface area contributed by atoms with Crippen LogP contribution in [0.2, 0.25) is 0 Å². The molecule has 0 aliphatic heterocycles. The molecule has 4 aromatic heterocycles. The van der Waals surface area contributed by atoms with Crippen molar-refractivity contribution in [2.45, 2.75) is 44.7 Å². The first-order chi connectivity index (χ1) is 16.5. The van der Waals surface area contributed by atoms with Gasteiger partial charge in [-0.05, 0) is 62.9 Å². The van der Waals surface area contributed by atoms with Gasteiger partial charge in [-0.3, -0.25) is 14.6 Å². The van der Waals surface area contributed by atoms with Crippen LogP contribution in [0.3, 0.4) is 0 Å². The van der Waals surface area contributed by atoms with Crippen molar-refractivity contribution in [3.05, 3.63) is 64.2 Å². The second-order valence-corrected chi connectivity index (χ2v) is 9.85. The van der Waals surface area contributed by atoms with Gasteiger partial charge >= 0.3 is 0 Å². The predicted molar refractivity (Wildman–Crippen MR) is 132 cm³/mol. The summed E-state index contributed by atoms with van der Waals surface area (Å²) in [6.07, 6.45) is 7.16. The summed E-state index contributed by atoms with van der Waals surface area (Å²) < 4.78 is 2.19. The van der Waals surface area contributed by atoms with Crippen LogP contribution in [0, 0.1) is 6.92 Å². The van der Waals surface area contributed by atoms with Crippen molar-refractivity contribution in [2.24, 2.45) is 0 Å². The van der Waals surface area contributed by atoms with E-state index in [-0.39, 0.29) is 23.9 Å². The van der Waals surface area contributed by atoms with Gasteiger partial charge in [0, 0.05) is 30.2 Å². The van der Waals surface area contributed by atoms with E-state index in [9.17, 15) is 9.59 Å². The lowest BCUT2D eigenvalue weighted by Crippen LogP contribution is -2.38. The van der Waals surface area contributed by atoms with E-state index in [4.69, 9.17) is 4.98 Å². The van der Waals surface area contributed by atoms with E-state index in [1.807, 2.05) is 37.3 Å². The van der Waals surface area contributed by atoms with Gasteiger partial charge in [-0.2, -0.15) is 0 Å². The third kappa shape index (κ3) is 4.31. The molecule has 0 aromatic carbocycles. The van der Waals surface area contributed by atoms with E-state index in [0.717, 1.165) is 52.5 Å². The summed E-state index contributed by atoms with van der Waals surface area (Å²) in [6, 6.07) is 11.5. The van der Waals surface area contributed by atoms with Crippen molar-refractivity contribution in [1.82, 2.24) is 30.2 Å². The summed E-state index contributed by atoms with van der Waals surface area (Å²) in [7, 11) is 1.58. The van der Waals surface area contributed by atoms with Gasteiger partial charge in [0.2, 0.25) is 0 Å². The molecule has 0 spiro atoms. The van der Waals surface area contributed by atoms with Crippen molar-refractivity contribution in [3.8, 4) is 11.5 Å². The van der Waals surface area contributed by atoms with Gasteiger partial charge in [0.15, 0.2) is 5.82 Å². The molecule has 0 radical (unpaired) electrons. The van der Waals surface area contributed by atoms with E-state index in [0.29, 0.717) is 11.2 Å². The quantitative estimate of drug-likeness (QED) is 0.453. The highest BCUT2D eigenvalue weighted by Crippen LogP contribution is 2.35. The Bertz CT molecular complexity index is 1350. The molecule has 4 aromatic rings. The van der Waals surface area contributed by atoms with Crippen molar-refractivity contribution >= 4 is 34.2 Å². The van der Waals surface area contributed by atoms with Crippen LogP contribution >= 0.6 is 11.3 Å². The summed E-state index contributed by atoms with van der Waals surface area (Å²) in [5.41, 5.74) is 2.65. The van der Waals surface area contributed by atoms with E-state index < -0.39 is 0 Å². The Morgan fingerprint density at radius 3 is 2.74 bits per heavy atom. The van der Waals surface area contributed by atoms with Gasteiger partial charge in [0.1, 0.15) is 11.4 Å². The number of aryl methyl sites for hydroxylation is 1. The Kier molecular flexibility index (Phi) is 6.10. The summed E-state index contributed by atoms with van der Waals surface area (Å²) in [5.74, 6) is 0.485. The topological polar surface area (TPSA) is 102 Å². The highest BCUT2D eigenvalue weighted by atomic mass is 32.1. The fourth-order valence-electron chi connectivity index (χ4n) is 4.64. The number of hydrogen-bond acceptors (Lipinski definition) is 6. The molecule has 2 N–H and O–H groups in total. The van der Waals surface area contributed by atoms with Crippen LogP contribution in [-0.4, -0.2) is 44.4 Å². The molecule has 0 unspecified atom stereocenters. The monoisotopic (exact) mass is 474 g/mol. The number of hydrogen-bond donors (Lipinski definition) is 2. The third-order valence-electron chi connectivity index (χ3n) is 6.24. The van der Waals surface area contributed by atoms with Crippen LogP contribution in [0.5, 0.6) is 0 Å². The van der Waals surface area contributed by atoms with Gasteiger partial charge in [-0.15, -0.1) is 11.3 Å². The van der Waals surface area contributed by atoms with Gasteiger partial charge in [0.05, 0.1) is 22.1 Å². The Balaban J connectivity index is 1.49. The lowest BCUT2D eigenvalue weighted by atomic mass is 9.90. The van der Waals surface area contributed by atoms with Crippen molar-refractivity contribution in [1.29, 1.82) is 0 Å². The van der Waals surface area contributed by atoms with E-state index >= 15 is 0 Å². The molecule has 4 heterocycles. The first-order valence-electron chi connectivity index (χ1n) is 11.4. The maximum absolute atomic E-state index is 12.8. The molecule has 8 nitrogen and oxygen atoms in total. The summed E-state index contributed by atoms with van der Waals surface area (Å²) in [5, 5.41) is 5.85. The third-order valence-corrected chi connectivity index (χ3v) is 7.24. The molecule has 0 saturated heterocycles. The molecular weight excluding hydrogens is 448 g/mol. The average molecular weight is 475 g/mol. The zero-order valence-electron chi connectivity index (χ0n) is 19.1. The molecule has 34 heavy (non-hydrogen) atoms. The van der Waals surface area contributed by atoms with Crippen LogP contribution in [0.25, 0.3) is 22.6 Å². The number of rotatable bonds is 5. The van der Waals surface area contributed by atoms with E-state index in [1.54, 1.807) is 25.5 Å². The van der Waals surface area contributed by atoms with E-state index in [1.165, 1.54) is 11.3 Å². The van der Waals surface area contributed by atoms with E-state index in [2.05, 4.69) is 25.2 Å². The van der Waals surface area contributed by atoms with Crippen LogP contribution in [0.4, 0.5) is 0 Å². The summed E-state index contributed by atoms with van der Waals surface area (Å²) >= 11 is 1.51. The number of carbonyl (C=O) groups excluding carboxylic acids is 2. The number of pyridine rings is 2. The standard InChI is InChI=1S/C25H26N6O2S/c1-15-9-10-22(34-15)25(33)29-16-6-5-7-17(12-16)31-21-14-28-20(24(32)26-2)13-19(21)30-23(31)18-8-3-4-11-27-18/h3-4,8-11,13-14,16-17H,5-7,12H2,1-2H3,(H,26,32)(H,29,33)/t16-,17+/m1/s1. The summed E-state index contributed by atoms with van der Waals surface area (Å²) in [4.78, 5) is 40.6. The lowest BCUT2D eigenvalue weighted by Gasteiger charge is -2.31.